The summed E-state index contributed by atoms with van der Waals surface area (Å²) in [5, 5.41) is 42.4. The minimum absolute atomic E-state index is 0.000767. The second-order valence-electron chi connectivity index (χ2n) is 17.1. The molecular weight excluding hydrogens is 881 g/mol. The summed E-state index contributed by atoms with van der Waals surface area (Å²) in [7, 11) is 0. The van der Waals surface area contributed by atoms with Crippen LogP contribution in [0.5, 0.6) is 0 Å². The van der Waals surface area contributed by atoms with Crippen LogP contribution in [-0.4, -0.2) is 94.2 Å². The largest absolute Gasteiger partial charge is 0.388 e. The molecule has 10 atom stereocenters. The van der Waals surface area contributed by atoms with Gasteiger partial charge in [0.2, 0.25) is 0 Å². The maximum Gasteiger partial charge on any atom is 0.168 e. The lowest BCUT2D eigenvalue weighted by Gasteiger charge is -2.46. The topological polar surface area (TPSA) is 149 Å². The molecule has 2 aliphatic rings. The average molecular weight is 941 g/mol. The van der Waals surface area contributed by atoms with Crippen LogP contribution in [0.4, 0.5) is 0 Å². The van der Waals surface area contributed by atoms with E-state index in [0.29, 0.717) is 6.61 Å². The number of thiocarbonyl (C=S) groups is 1. The van der Waals surface area contributed by atoms with Crippen molar-refractivity contribution in [2.24, 2.45) is 0 Å². The number of hydrogen-bond acceptors (Lipinski definition) is 11. The molecule has 0 bridgehead atoms. The van der Waals surface area contributed by atoms with Gasteiger partial charge in [-0.1, -0.05) is 182 Å². The fraction of sp³-hybridized carbons (Fsp3) is 0.327. The molecule has 0 spiro atoms. The summed E-state index contributed by atoms with van der Waals surface area (Å²) in [6.45, 7) is 1.07. The first kappa shape index (κ1) is 49.0. The summed E-state index contributed by atoms with van der Waals surface area (Å²) in [5.74, 6) is 0. The molecule has 6 aromatic carbocycles. The third-order valence-electron chi connectivity index (χ3n) is 12.2. The number of nitrogens with one attached hydrogen (secondary N) is 2. The zero-order valence-electron chi connectivity index (χ0n) is 37.8. The van der Waals surface area contributed by atoms with Crippen LogP contribution >= 0.6 is 12.2 Å². The lowest BCUT2D eigenvalue weighted by Crippen LogP contribution is -2.67. The van der Waals surface area contributed by atoms with E-state index in [4.69, 9.17) is 45.4 Å². The molecule has 2 fully saturated rings. The van der Waals surface area contributed by atoms with Gasteiger partial charge in [0.15, 0.2) is 11.3 Å². The smallest absolute Gasteiger partial charge is 0.168 e. The summed E-state index contributed by atoms with van der Waals surface area (Å²) in [6.07, 6.45) is -8.31. The standard InChI is InChI=1S/C55H60N2O10S/c58-46-47(59)52(66-36-44-29-17-6-18-30-44)55(60,38-62-32-40-21-9-2-10-22-40)51(46)56-54(68)57-53-50(65-35-43-27-15-5-16-28-43)49(64-34-42-25-13-4-14-26-42)48(63-33-41-23-11-3-12-24-41)45(67-53)37-61-31-39-19-7-1-8-20-39/h1-30,45-53,58-60H,31-38H2,(H2,56,57,68)/t45-,46-,47-,48-,49+,50-,51-,52+,53+,55+/m1/s1. The van der Waals surface area contributed by atoms with Crippen molar-refractivity contribution < 1.29 is 48.5 Å². The second-order valence-corrected chi connectivity index (χ2v) is 17.6. The third-order valence-corrected chi connectivity index (χ3v) is 12.4. The molecule has 1 aliphatic carbocycles. The van der Waals surface area contributed by atoms with Crippen molar-refractivity contribution in [1.29, 1.82) is 0 Å². The van der Waals surface area contributed by atoms with Gasteiger partial charge in [0, 0.05) is 0 Å². The van der Waals surface area contributed by atoms with Crippen LogP contribution in [0, 0.1) is 0 Å². The van der Waals surface area contributed by atoms with Crippen molar-refractivity contribution in [3.63, 3.8) is 0 Å². The summed E-state index contributed by atoms with van der Waals surface area (Å²) in [6, 6.07) is 57.1. The maximum atomic E-state index is 12.6. The number of benzene rings is 6. The Labute approximate surface area is 403 Å². The Morgan fingerprint density at radius 2 is 0.853 bits per heavy atom. The van der Waals surface area contributed by atoms with Crippen molar-refractivity contribution in [3.05, 3.63) is 215 Å². The van der Waals surface area contributed by atoms with Gasteiger partial charge in [-0.05, 0) is 45.6 Å². The lowest BCUT2D eigenvalue weighted by atomic mass is 9.95. The third kappa shape index (κ3) is 13.2. The van der Waals surface area contributed by atoms with E-state index in [1.807, 2.05) is 182 Å². The summed E-state index contributed by atoms with van der Waals surface area (Å²) < 4.78 is 46.2. The highest BCUT2D eigenvalue weighted by Gasteiger charge is 2.61. The van der Waals surface area contributed by atoms with E-state index >= 15 is 0 Å². The van der Waals surface area contributed by atoms with E-state index in [9.17, 15) is 15.3 Å². The summed E-state index contributed by atoms with van der Waals surface area (Å²) >= 11 is 6.03. The molecule has 0 radical (unpaired) electrons. The molecule has 1 heterocycles. The molecule has 1 saturated heterocycles. The fourth-order valence-electron chi connectivity index (χ4n) is 8.65. The predicted octanol–water partition coefficient (Wildman–Crippen LogP) is 6.79. The Bertz CT molecular complexity index is 2380. The van der Waals surface area contributed by atoms with Crippen LogP contribution in [0.15, 0.2) is 182 Å². The SMILES string of the molecule is O[C@@H]1[C@@H](O)[C@H](OCc2ccccc2)[C@](O)(COCc2ccccc2)[C@@H]1NC(=S)N[C@H]1O[C@H](COCc2ccccc2)[C@@H](OCc2ccccc2)[C@H](OCc2ccccc2)[C@H]1OCc1ccccc1. The Morgan fingerprint density at radius 1 is 0.471 bits per heavy atom. The van der Waals surface area contributed by atoms with Crippen molar-refractivity contribution >= 4 is 17.3 Å². The lowest BCUT2D eigenvalue weighted by molar-refractivity contribution is -0.275. The van der Waals surface area contributed by atoms with Gasteiger partial charge in [-0.2, -0.15) is 0 Å². The molecule has 0 amide bonds. The van der Waals surface area contributed by atoms with Crippen LogP contribution in [0.25, 0.3) is 0 Å². The average Bonchev–Trinajstić information content (AvgIpc) is 3.55. The Hall–Kier alpha value is -5.39. The molecule has 1 aliphatic heterocycles. The maximum absolute atomic E-state index is 12.6. The first-order chi connectivity index (χ1) is 33.3. The number of ether oxygens (including phenoxy) is 7. The fourth-order valence-corrected chi connectivity index (χ4v) is 8.90. The molecule has 1 saturated carbocycles. The molecular formula is C55H60N2O10S. The normalized spacial score (nSPS) is 25.7. The summed E-state index contributed by atoms with van der Waals surface area (Å²) in [4.78, 5) is 0. The van der Waals surface area contributed by atoms with Crippen molar-refractivity contribution in [2.45, 2.75) is 100 Å². The van der Waals surface area contributed by atoms with Crippen LogP contribution < -0.4 is 10.6 Å². The summed E-state index contributed by atoms with van der Waals surface area (Å²) in [5.41, 5.74) is 3.57. The quantitative estimate of drug-likeness (QED) is 0.0456. The molecule has 6 aromatic rings. The number of rotatable bonds is 22. The van der Waals surface area contributed by atoms with Gasteiger partial charge in [-0.25, -0.2) is 0 Å². The first-order valence-corrected chi connectivity index (χ1v) is 23.4. The predicted molar refractivity (Wildman–Crippen MR) is 261 cm³/mol. The minimum atomic E-state index is -1.98. The van der Waals surface area contributed by atoms with Crippen molar-refractivity contribution in [1.82, 2.24) is 10.6 Å². The Kier molecular flexibility index (Phi) is 17.9. The van der Waals surface area contributed by atoms with E-state index < -0.39 is 60.6 Å². The number of aliphatic hydroxyl groups excluding tert-OH is 2. The van der Waals surface area contributed by atoms with Crippen LogP contribution in [-0.2, 0) is 72.8 Å². The van der Waals surface area contributed by atoms with Gasteiger partial charge in [0.25, 0.3) is 0 Å². The van der Waals surface area contributed by atoms with Crippen LogP contribution in [0.1, 0.15) is 33.4 Å². The number of aliphatic hydroxyl groups is 3. The van der Waals surface area contributed by atoms with Gasteiger partial charge in [0.05, 0.1) is 58.9 Å². The van der Waals surface area contributed by atoms with E-state index in [1.54, 1.807) is 0 Å². The van der Waals surface area contributed by atoms with E-state index in [1.165, 1.54) is 0 Å². The molecule has 8 rings (SSSR count). The number of hydrogen-bond donors (Lipinski definition) is 5. The molecule has 68 heavy (non-hydrogen) atoms. The molecule has 13 heteroatoms. The van der Waals surface area contributed by atoms with Crippen LogP contribution in [0.2, 0.25) is 0 Å². The van der Waals surface area contributed by atoms with E-state index in [0.717, 1.165) is 33.4 Å². The molecule has 5 N–H and O–H groups in total. The van der Waals surface area contributed by atoms with Gasteiger partial charge in [-0.15, -0.1) is 0 Å². The van der Waals surface area contributed by atoms with E-state index in [2.05, 4.69) is 10.6 Å². The monoisotopic (exact) mass is 940 g/mol. The van der Waals surface area contributed by atoms with Crippen LogP contribution in [0.3, 0.4) is 0 Å². The Balaban J connectivity index is 1.08. The second kappa shape index (κ2) is 24.8. The van der Waals surface area contributed by atoms with E-state index in [-0.39, 0.29) is 51.4 Å². The van der Waals surface area contributed by atoms with Crippen molar-refractivity contribution in [3.8, 4) is 0 Å². The first-order valence-electron chi connectivity index (χ1n) is 23.0. The van der Waals surface area contributed by atoms with Gasteiger partial charge in [0.1, 0.15) is 48.3 Å². The highest BCUT2D eigenvalue weighted by molar-refractivity contribution is 7.80. The van der Waals surface area contributed by atoms with Gasteiger partial charge in [-0.3, -0.25) is 0 Å². The molecule has 0 unspecified atom stereocenters. The highest BCUT2D eigenvalue weighted by Crippen LogP contribution is 2.36. The molecule has 12 nitrogen and oxygen atoms in total. The zero-order chi connectivity index (χ0) is 47.0. The molecule has 356 valence electrons. The Morgan fingerprint density at radius 3 is 1.31 bits per heavy atom. The van der Waals surface area contributed by atoms with Crippen molar-refractivity contribution in [2.75, 3.05) is 13.2 Å². The minimum Gasteiger partial charge on any atom is -0.388 e. The highest BCUT2D eigenvalue weighted by atomic mass is 32.1. The van der Waals surface area contributed by atoms with Gasteiger partial charge < -0.3 is 59.1 Å². The van der Waals surface area contributed by atoms with Gasteiger partial charge >= 0.3 is 0 Å². The zero-order valence-corrected chi connectivity index (χ0v) is 38.6. The molecule has 0 aromatic heterocycles.